The molecule has 0 N–H and O–H groups in total. The highest BCUT2D eigenvalue weighted by Crippen LogP contribution is 2.45. The normalized spacial score (nSPS) is 34.9. The number of hydrogen-bond donors (Lipinski definition) is 0. The fourth-order valence-corrected chi connectivity index (χ4v) is 6.26. The van der Waals surface area contributed by atoms with Gasteiger partial charge in [-0.1, -0.05) is 12.1 Å². The zero-order chi connectivity index (χ0) is 18.4. The van der Waals surface area contributed by atoms with Crippen molar-refractivity contribution < 1.29 is 9.53 Å². The second kappa shape index (κ2) is 6.97. The van der Waals surface area contributed by atoms with Gasteiger partial charge in [-0.3, -0.25) is 9.69 Å². The molecule has 1 aromatic carbocycles. The minimum absolute atomic E-state index is 0.287. The molecule has 4 aliphatic rings. The van der Waals surface area contributed by atoms with Crippen LogP contribution in [0.3, 0.4) is 0 Å². The Kier molecular flexibility index (Phi) is 4.47. The maximum atomic E-state index is 13.4. The maximum Gasteiger partial charge on any atom is 0.250 e. The average Bonchev–Trinajstić information content (AvgIpc) is 2.71. The summed E-state index contributed by atoms with van der Waals surface area (Å²) in [6.07, 6.45) is 9.33. The first-order chi connectivity index (χ1) is 13.2. The number of carbonyl (C=O) groups is 1. The van der Waals surface area contributed by atoms with Gasteiger partial charge in [-0.05, 0) is 87.2 Å². The summed E-state index contributed by atoms with van der Waals surface area (Å²) in [5, 5.41) is 0. The number of methoxy groups -OCH3 is 1. The molecule has 4 heteroatoms. The number of ether oxygens (including phenoxy) is 1. The number of nitrogens with zero attached hydrogens (tertiary/aromatic N) is 2. The van der Waals surface area contributed by atoms with Crippen LogP contribution in [0.15, 0.2) is 29.8 Å². The van der Waals surface area contributed by atoms with Crippen molar-refractivity contribution in [1.82, 2.24) is 9.80 Å². The topological polar surface area (TPSA) is 32.8 Å². The molecule has 0 radical (unpaired) electrons. The summed E-state index contributed by atoms with van der Waals surface area (Å²) in [6, 6.07) is 9.21. The Balaban J connectivity index is 1.41. The summed E-state index contributed by atoms with van der Waals surface area (Å²) in [5.74, 6) is 2.51. The van der Waals surface area contributed by atoms with E-state index in [1.165, 1.54) is 38.8 Å². The van der Waals surface area contributed by atoms with Gasteiger partial charge in [0.05, 0.1) is 7.11 Å². The van der Waals surface area contributed by atoms with Gasteiger partial charge in [0.2, 0.25) is 5.91 Å². The van der Waals surface area contributed by atoms with Crippen LogP contribution in [0, 0.1) is 11.8 Å². The molecule has 1 amide bonds. The number of hydrogen-bond acceptors (Lipinski definition) is 3. The predicted octanol–water partition coefficient (Wildman–Crippen LogP) is 3.57. The van der Waals surface area contributed by atoms with E-state index in [0.29, 0.717) is 17.9 Å². The van der Waals surface area contributed by atoms with Crippen molar-refractivity contribution in [3.63, 3.8) is 0 Å². The molecule has 4 heterocycles. The number of fused-ring (bicyclic) bond motifs is 2. The molecule has 1 aromatic rings. The Labute approximate surface area is 162 Å². The van der Waals surface area contributed by atoms with Gasteiger partial charge < -0.3 is 9.64 Å². The van der Waals surface area contributed by atoms with E-state index in [4.69, 9.17) is 4.74 Å². The van der Waals surface area contributed by atoms with Crippen LogP contribution < -0.4 is 4.74 Å². The number of amides is 1. The van der Waals surface area contributed by atoms with E-state index >= 15 is 0 Å². The lowest BCUT2D eigenvalue weighted by Gasteiger charge is -2.58. The summed E-state index contributed by atoms with van der Waals surface area (Å²) in [7, 11) is 1.68. The quantitative estimate of drug-likeness (QED) is 0.750. The van der Waals surface area contributed by atoms with Gasteiger partial charge in [-0.15, -0.1) is 0 Å². The minimum Gasteiger partial charge on any atom is -0.497 e. The first kappa shape index (κ1) is 17.3. The van der Waals surface area contributed by atoms with Gasteiger partial charge in [-0.2, -0.15) is 0 Å². The predicted molar refractivity (Wildman–Crippen MR) is 107 cm³/mol. The molecule has 144 valence electrons. The van der Waals surface area contributed by atoms with Crippen LogP contribution in [0.4, 0.5) is 0 Å². The molecule has 27 heavy (non-hydrogen) atoms. The molecule has 4 fully saturated rings. The highest BCUT2D eigenvalue weighted by Gasteiger charge is 2.51. The van der Waals surface area contributed by atoms with Gasteiger partial charge in [0.15, 0.2) is 0 Å². The Morgan fingerprint density at radius 3 is 2.85 bits per heavy atom. The molecule has 4 aliphatic heterocycles. The zero-order valence-electron chi connectivity index (χ0n) is 16.3. The first-order valence-electron chi connectivity index (χ1n) is 10.6. The van der Waals surface area contributed by atoms with Crippen molar-refractivity contribution in [1.29, 1.82) is 0 Å². The third kappa shape index (κ3) is 2.98. The molecule has 5 rings (SSSR count). The molecule has 0 aliphatic carbocycles. The van der Waals surface area contributed by atoms with Crippen molar-refractivity contribution >= 4 is 12.0 Å². The fraction of sp³-hybridized carbons (Fsp3) is 0.609. The molecule has 0 aromatic heterocycles. The number of carbonyl (C=O) groups excluding carboxylic acids is 1. The molecule has 0 bridgehead atoms. The van der Waals surface area contributed by atoms with Crippen LogP contribution in [-0.2, 0) is 4.79 Å². The van der Waals surface area contributed by atoms with Gasteiger partial charge in [0.1, 0.15) is 5.75 Å². The molecule has 4 nitrogen and oxygen atoms in total. The largest absolute Gasteiger partial charge is 0.497 e. The van der Waals surface area contributed by atoms with Crippen molar-refractivity contribution in [2.24, 2.45) is 11.8 Å². The van der Waals surface area contributed by atoms with Crippen LogP contribution in [0.1, 0.15) is 44.1 Å². The van der Waals surface area contributed by atoms with E-state index in [1.54, 1.807) is 7.11 Å². The molecule has 4 unspecified atom stereocenters. The number of piperidine rings is 4. The number of rotatable bonds is 2. The maximum absolute atomic E-state index is 13.4. The Bertz CT molecular complexity index is 757. The second-order valence-electron chi connectivity index (χ2n) is 8.74. The van der Waals surface area contributed by atoms with Crippen LogP contribution in [0.25, 0.3) is 6.08 Å². The van der Waals surface area contributed by atoms with E-state index in [0.717, 1.165) is 42.3 Å². The van der Waals surface area contributed by atoms with Crippen molar-refractivity contribution in [2.45, 2.75) is 50.6 Å². The van der Waals surface area contributed by atoms with Gasteiger partial charge in [-0.25, -0.2) is 0 Å². The van der Waals surface area contributed by atoms with Crippen molar-refractivity contribution in [3.05, 3.63) is 35.4 Å². The molecule has 4 saturated heterocycles. The lowest BCUT2D eigenvalue weighted by molar-refractivity contribution is -0.145. The van der Waals surface area contributed by atoms with Crippen LogP contribution in [0.5, 0.6) is 5.75 Å². The Hall–Kier alpha value is -1.81. The van der Waals surface area contributed by atoms with Gasteiger partial charge >= 0.3 is 0 Å². The third-order valence-corrected chi connectivity index (χ3v) is 7.35. The zero-order valence-corrected chi connectivity index (χ0v) is 16.3. The first-order valence-corrected chi connectivity index (χ1v) is 10.6. The van der Waals surface area contributed by atoms with E-state index in [2.05, 4.69) is 21.9 Å². The summed E-state index contributed by atoms with van der Waals surface area (Å²) in [4.78, 5) is 18.4. The van der Waals surface area contributed by atoms with E-state index < -0.39 is 0 Å². The highest BCUT2D eigenvalue weighted by molar-refractivity contribution is 5.99. The fourth-order valence-electron chi connectivity index (χ4n) is 6.26. The van der Waals surface area contributed by atoms with Crippen molar-refractivity contribution in [3.8, 4) is 5.75 Å². The minimum atomic E-state index is 0.287. The Morgan fingerprint density at radius 2 is 2.00 bits per heavy atom. The molecule has 0 spiro atoms. The molecule has 4 atom stereocenters. The molecule has 0 saturated carbocycles. The lowest BCUT2D eigenvalue weighted by atomic mass is 9.67. The Morgan fingerprint density at radius 1 is 1.15 bits per heavy atom. The summed E-state index contributed by atoms with van der Waals surface area (Å²) in [5.41, 5.74) is 2.04. The van der Waals surface area contributed by atoms with Gasteiger partial charge in [0, 0.05) is 24.2 Å². The van der Waals surface area contributed by atoms with E-state index in [-0.39, 0.29) is 5.91 Å². The van der Waals surface area contributed by atoms with Crippen LogP contribution in [-0.4, -0.2) is 54.5 Å². The summed E-state index contributed by atoms with van der Waals surface area (Å²) < 4.78 is 5.33. The lowest BCUT2D eigenvalue weighted by Crippen LogP contribution is -2.66. The summed E-state index contributed by atoms with van der Waals surface area (Å²) in [6.45, 7) is 3.52. The third-order valence-electron chi connectivity index (χ3n) is 7.35. The second-order valence-corrected chi connectivity index (χ2v) is 8.74. The molecular formula is C23H30N2O2. The standard InChI is InChI=1S/C23H30N2O2/c1-27-19-7-2-5-16(14-19)13-17-9-10-21-20-8-4-12-24-11-3-6-18(22(20)24)15-25(21)23(17)26/h2,5,7,13-14,18,20-22H,3-4,6,8-12,15H2,1H3/b17-13+. The van der Waals surface area contributed by atoms with Crippen LogP contribution >= 0.6 is 0 Å². The SMILES string of the molecule is COc1cccc(/C=C2\CCC3C4CCCN5CCCC(CN3C2=O)C45)c1. The van der Waals surface area contributed by atoms with E-state index in [9.17, 15) is 4.79 Å². The highest BCUT2D eigenvalue weighted by atomic mass is 16.5. The monoisotopic (exact) mass is 366 g/mol. The average molecular weight is 367 g/mol. The summed E-state index contributed by atoms with van der Waals surface area (Å²) >= 11 is 0. The molecular weight excluding hydrogens is 336 g/mol. The van der Waals surface area contributed by atoms with Gasteiger partial charge in [0.25, 0.3) is 0 Å². The number of benzene rings is 1. The smallest absolute Gasteiger partial charge is 0.250 e. The van der Waals surface area contributed by atoms with Crippen LogP contribution in [0.2, 0.25) is 0 Å². The van der Waals surface area contributed by atoms with E-state index in [1.807, 2.05) is 18.2 Å². The van der Waals surface area contributed by atoms with Crippen molar-refractivity contribution in [2.75, 3.05) is 26.7 Å².